The van der Waals surface area contributed by atoms with E-state index in [1.807, 2.05) is 24.3 Å². The molecule has 0 atom stereocenters. The minimum absolute atomic E-state index is 0.108. The molecule has 1 aliphatic heterocycles. The van der Waals surface area contributed by atoms with Crippen LogP contribution in [0.1, 0.15) is 20.3 Å². The summed E-state index contributed by atoms with van der Waals surface area (Å²) in [5.41, 5.74) is 6.45. The number of thioether (sulfide) groups is 1. The summed E-state index contributed by atoms with van der Waals surface area (Å²) in [5.74, 6) is 0.765. The summed E-state index contributed by atoms with van der Waals surface area (Å²) in [6, 6.07) is 7.51. The van der Waals surface area contributed by atoms with Gasteiger partial charge in [-0.25, -0.2) is 12.7 Å². The predicted molar refractivity (Wildman–Crippen MR) is 85.3 cm³/mol. The molecule has 6 heteroatoms. The molecule has 0 unspecified atom stereocenters. The van der Waals surface area contributed by atoms with Crippen LogP contribution >= 0.6 is 11.8 Å². The van der Waals surface area contributed by atoms with Crippen molar-refractivity contribution < 1.29 is 8.42 Å². The Balaban J connectivity index is 1.85. The van der Waals surface area contributed by atoms with Crippen LogP contribution in [0.25, 0.3) is 0 Å². The summed E-state index contributed by atoms with van der Waals surface area (Å²) in [6.45, 7) is 5.53. The molecule has 0 saturated carbocycles. The molecule has 1 fully saturated rings. The Hall–Kier alpha value is -0.720. The molecule has 1 aromatic rings. The molecular formula is C14H22N2O2S2. The Kier molecular flexibility index (Phi) is 4.66. The number of sulfonamides is 1. The molecule has 0 spiro atoms. The Bertz CT molecular complexity index is 553. The first-order chi connectivity index (χ1) is 9.28. The second kappa shape index (κ2) is 5.95. The summed E-state index contributed by atoms with van der Waals surface area (Å²) in [7, 11) is -3.12. The second-order valence-corrected chi connectivity index (χ2v) is 9.24. The fourth-order valence-corrected chi connectivity index (χ4v) is 5.17. The lowest BCUT2D eigenvalue weighted by atomic mass is 9.93. The number of hydrogen-bond acceptors (Lipinski definition) is 4. The van der Waals surface area contributed by atoms with Crippen LogP contribution < -0.4 is 5.73 Å². The molecule has 0 bridgehead atoms. The van der Waals surface area contributed by atoms with Crippen LogP contribution in [0, 0.1) is 5.41 Å². The SMILES string of the molecule is CC1(C)CCN(S(=O)(=O)CCSc2ccc(N)cc2)C1. The van der Waals surface area contributed by atoms with Gasteiger partial charge in [-0.3, -0.25) is 0 Å². The van der Waals surface area contributed by atoms with Crippen molar-refractivity contribution in [3.8, 4) is 0 Å². The van der Waals surface area contributed by atoms with Crippen molar-refractivity contribution in [2.45, 2.75) is 25.2 Å². The zero-order valence-corrected chi connectivity index (χ0v) is 13.6. The zero-order valence-electron chi connectivity index (χ0n) is 12.0. The number of anilines is 1. The standard InChI is InChI=1S/C14H22N2O2S2/c1-14(2)7-8-16(11-14)20(17,18)10-9-19-13-5-3-12(15)4-6-13/h3-6H,7-11,15H2,1-2H3. The van der Waals surface area contributed by atoms with Gasteiger partial charge in [0.15, 0.2) is 0 Å². The smallest absolute Gasteiger partial charge is 0.214 e. The van der Waals surface area contributed by atoms with Gasteiger partial charge in [-0.05, 0) is 36.1 Å². The maximum atomic E-state index is 12.3. The Morgan fingerprint density at radius 1 is 1.30 bits per heavy atom. The topological polar surface area (TPSA) is 63.4 Å². The van der Waals surface area contributed by atoms with Crippen molar-refractivity contribution in [1.82, 2.24) is 4.31 Å². The van der Waals surface area contributed by atoms with Gasteiger partial charge in [0.25, 0.3) is 0 Å². The zero-order chi connectivity index (χ0) is 14.8. The monoisotopic (exact) mass is 314 g/mol. The van der Waals surface area contributed by atoms with Crippen LogP contribution in [0.5, 0.6) is 0 Å². The van der Waals surface area contributed by atoms with E-state index in [1.165, 1.54) is 0 Å². The molecule has 1 aromatic carbocycles. The highest BCUT2D eigenvalue weighted by molar-refractivity contribution is 8.00. The summed E-state index contributed by atoms with van der Waals surface area (Å²) in [6.07, 6.45) is 0.942. The molecule has 0 amide bonds. The Labute approximate surface area is 125 Å². The normalized spacial score (nSPS) is 19.3. The first-order valence-corrected chi connectivity index (χ1v) is 9.34. The van der Waals surface area contributed by atoms with Crippen LogP contribution in [-0.4, -0.2) is 37.3 Å². The van der Waals surface area contributed by atoms with Crippen molar-refractivity contribution in [3.63, 3.8) is 0 Å². The molecule has 0 aliphatic carbocycles. The number of benzene rings is 1. The van der Waals surface area contributed by atoms with E-state index in [1.54, 1.807) is 16.1 Å². The van der Waals surface area contributed by atoms with Gasteiger partial charge in [0.05, 0.1) is 5.75 Å². The lowest BCUT2D eigenvalue weighted by molar-refractivity contribution is 0.376. The van der Waals surface area contributed by atoms with Crippen molar-refractivity contribution >= 4 is 27.5 Å². The molecule has 0 aromatic heterocycles. The summed E-state index contributed by atoms with van der Waals surface area (Å²) in [5, 5.41) is 0. The highest BCUT2D eigenvalue weighted by atomic mass is 32.2. The van der Waals surface area contributed by atoms with Gasteiger partial charge in [0, 0.05) is 29.4 Å². The molecule has 1 heterocycles. The number of nitrogens with zero attached hydrogens (tertiary/aromatic N) is 1. The van der Waals surface area contributed by atoms with Crippen molar-refractivity contribution in [2.24, 2.45) is 5.41 Å². The predicted octanol–water partition coefficient (Wildman–Crippen LogP) is 2.42. The highest BCUT2D eigenvalue weighted by Gasteiger charge is 2.35. The molecule has 1 saturated heterocycles. The number of nitrogen functional groups attached to an aromatic ring is 1. The third kappa shape index (κ3) is 4.14. The van der Waals surface area contributed by atoms with Crippen molar-refractivity contribution in [1.29, 1.82) is 0 Å². The van der Waals surface area contributed by atoms with Gasteiger partial charge in [0.2, 0.25) is 10.0 Å². The molecule has 20 heavy (non-hydrogen) atoms. The number of hydrogen-bond donors (Lipinski definition) is 1. The van der Waals surface area contributed by atoms with Crippen molar-refractivity contribution in [2.75, 3.05) is 30.3 Å². The van der Waals surface area contributed by atoms with Crippen molar-refractivity contribution in [3.05, 3.63) is 24.3 Å². The van der Waals surface area contributed by atoms with E-state index < -0.39 is 10.0 Å². The minimum atomic E-state index is -3.12. The number of nitrogens with two attached hydrogens (primary N) is 1. The van der Waals surface area contributed by atoms with E-state index in [9.17, 15) is 8.42 Å². The van der Waals surface area contributed by atoms with Crippen LogP contribution in [0.15, 0.2) is 29.2 Å². The molecule has 2 rings (SSSR count). The first kappa shape index (κ1) is 15.7. The van der Waals surface area contributed by atoms with Gasteiger partial charge in [0.1, 0.15) is 0 Å². The fourth-order valence-electron chi connectivity index (χ4n) is 2.26. The van der Waals surface area contributed by atoms with E-state index in [0.717, 1.165) is 17.0 Å². The molecule has 4 nitrogen and oxygen atoms in total. The minimum Gasteiger partial charge on any atom is -0.399 e. The summed E-state index contributed by atoms with van der Waals surface area (Å²) in [4.78, 5) is 1.05. The lowest BCUT2D eigenvalue weighted by Gasteiger charge is -2.19. The van der Waals surface area contributed by atoms with Crippen LogP contribution in [0.2, 0.25) is 0 Å². The largest absolute Gasteiger partial charge is 0.399 e. The summed E-state index contributed by atoms with van der Waals surface area (Å²) >= 11 is 1.55. The highest BCUT2D eigenvalue weighted by Crippen LogP contribution is 2.31. The van der Waals surface area contributed by atoms with E-state index in [-0.39, 0.29) is 11.2 Å². The molecule has 2 N–H and O–H groups in total. The Morgan fingerprint density at radius 2 is 1.95 bits per heavy atom. The van der Waals surface area contributed by atoms with Gasteiger partial charge in [-0.15, -0.1) is 11.8 Å². The quantitative estimate of drug-likeness (QED) is 0.670. The second-order valence-electron chi connectivity index (χ2n) is 5.98. The van der Waals surface area contributed by atoms with Gasteiger partial charge in [-0.1, -0.05) is 13.8 Å². The average Bonchev–Trinajstić information content (AvgIpc) is 2.73. The van der Waals surface area contributed by atoms with Crippen LogP contribution in [0.3, 0.4) is 0 Å². The van der Waals surface area contributed by atoms with Crippen LogP contribution in [-0.2, 0) is 10.0 Å². The number of rotatable bonds is 5. The molecule has 1 aliphatic rings. The molecule has 112 valence electrons. The van der Waals surface area contributed by atoms with E-state index in [4.69, 9.17) is 5.73 Å². The van der Waals surface area contributed by atoms with E-state index >= 15 is 0 Å². The van der Waals surface area contributed by atoms with E-state index in [2.05, 4.69) is 13.8 Å². The molecular weight excluding hydrogens is 292 g/mol. The van der Waals surface area contributed by atoms with E-state index in [0.29, 0.717) is 18.8 Å². The fraction of sp³-hybridized carbons (Fsp3) is 0.571. The first-order valence-electron chi connectivity index (χ1n) is 6.75. The average molecular weight is 314 g/mol. The third-order valence-corrected chi connectivity index (χ3v) is 6.62. The maximum absolute atomic E-state index is 12.3. The van der Waals surface area contributed by atoms with Gasteiger partial charge < -0.3 is 5.73 Å². The van der Waals surface area contributed by atoms with Crippen LogP contribution in [0.4, 0.5) is 5.69 Å². The molecule has 0 radical (unpaired) electrons. The third-order valence-electron chi connectivity index (χ3n) is 3.53. The Morgan fingerprint density at radius 3 is 2.50 bits per heavy atom. The van der Waals surface area contributed by atoms with Gasteiger partial charge >= 0.3 is 0 Å². The van der Waals surface area contributed by atoms with Gasteiger partial charge in [-0.2, -0.15) is 0 Å². The summed E-state index contributed by atoms with van der Waals surface area (Å²) < 4.78 is 26.2. The maximum Gasteiger partial charge on any atom is 0.214 e. The lowest BCUT2D eigenvalue weighted by Crippen LogP contribution is -2.33.